The van der Waals surface area contributed by atoms with Crippen LogP contribution in [0.25, 0.3) is 22.3 Å². The predicted molar refractivity (Wildman–Crippen MR) is 148 cm³/mol. The number of nitrogens with one attached hydrogen (secondary N) is 1. The van der Waals surface area contributed by atoms with Crippen molar-refractivity contribution in [2.24, 2.45) is 13.0 Å². The van der Waals surface area contributed by atoms with E-state index in [-0.39, 0.29) is 17.7 Å². The van der Waals surface area contributed by atoms with Crippen molar-refractivity contribution in [3.8, 4) is 17.3 Å². The highest BCUT2D eigenvalue weighted by Crippen LogP contribution is 2.36. The van der Waals surface area contributed by atoms with Crippen LogP contribution in [0.15, 0.2) is 41.5 Å². The Balaban J connectivity index is 1.23. The Morgan fingerprint density at radius 1 is 1.05 bits per heavy atom. The van der Waals surface area contributed by atoms with Crippen molar-refractivity contribution in [2.45, 2.75) is 64.1 Å². The van der Waals surface area contributed by atoms with E-state index in [4.69, 9.17) is 19.7 Å². The molecule has 0 amide bonds. The Morgan fingerprint density at radius 2 is 1.87 bits per heavy atom. The van der Waals surface area contributed by atoms with Crippen LogP contribution in [0.3, 0.4) is 0 Å². The third-order valence-corrected chi connectivity index (χ3v) is 7.83. The zero-order chi connectivity index (χ0) is 26.8. The minimum absolute atomic E-state index is 0.0624. The third kappa shape index (κ3) is 5.54. The van der Waals surface area contributed by atoms with Crippen molar-refractivity contribution in [3.63, 3.8) is 0 Å². The normalized spacial score (nSPS) is 20.4. The molecule has 1 saturated heterocycles. The van der Waals surface area contributed by atoms with Crippen LogP contribution in [0, 0.1) is 5.92 Å². The summed E-state index contributed by atoms with van der Waals surface area (Å²) in [6, 6.07) is 7.56. The number of fused-ring (bicyclic) bond motifs is 1. The molecule has 2 aliphatic rings. The minimum Gasteiger partial charge on any atom is -0.473 e. The van der Waals surface area contributed by atoms with E-state index >= 15 is 0 Å². The van der Waals surface area contributed by atoms with Crippen molar-refractivity contribution < 1.29 is 9.47 Å². The van der Waals surface area contributed by atoms with Crippen LogP contribution in [-0.4, -0.2) is 60.2 Å². The first-order valence-corrected chi connectivity index (χ1v) is 14.0. The molecule has 1 saturated carbocycles. The van der Waals surface area contributed by atoms with Gasteiger partial charge in [-0.15, -0.1) is 5.10 Å². The van der Waals surface area contributed by atoms with E-state index in [0.29, 0.717) is 11.8 Å². The van der Waals surface area contributed by atoms with E-state index < -0.39 is 0 Å². The molecule has 1 aliphatic heterocycles. The third-order valence-electron chi connectivity index (χ3n) is 7.83. The molecule has 11 heteroatoms. The number of rotatable bonds is 8. The van der Waals surface area contributed by atoms with Gasteiger partial charge in [-0.2, -0.15) is 10.2 Å². The molecule has 0 radical (unpaired) electrons. The Labute approximate surface area is 227 Å². The average molecular weight is 533 g/mol. The second-order valence-corrected chi connectivity index (χ2v) is 10.6. The van der Waals surface area contributed by atoms with Crippen molar-refractivity contribution in [1.29, 1.82) is 0 Å². The topological polar surface area (TPSA) is 114 Å². The lowest BCUT2D eigenvalue weighted by Gasteiger charge is -2.29. The fourth-order valence-corrected chi connectivity index (χ4v) is 5.68. The van der Waals surface area contributed by atoms with Crippen molar-refractivity contribution in [3.05, 3.63) is 47.0 Å². The number of hydrogen-bond acceptors (Lipinski definition) is 8. The van der Waals surface area contributed by atoms with Crippen LogP contribution >= 0.6 is 0 Å². The molecule has 206 valence electrons. The van der Waals surface area contributed by atoms with Gasteiger partial charge in [-0.1, -0.05) is 0 Å². The van der Waals surface area contributed by atoms with Crippen LogP contribution in [0.4, 0.5) is 5.82 Å². The molecule has 4 aromatic heterocycles. The molecule has 0 spiro atoms. The molecule has 1 aliphatic carbocycles. The first-order chi connectivity index (χ1) is 19.1. The predicted octanol–water partition coefficient (Wildman–Crippen LogP) is 3.81. The standard InChI is InChI=1S/C28H36N8O3/c1-3-29-25-16-24-22(17-30-25)28(23-10-13-35(31-23)18-19-11-14-38-15-12-19)33-36(24)20-4-6-21(7-5-20)39-26-8-9-27(37)34(2)32-26/h8-10,13,16-17,19-21H,3-7,11-12,14-15,18H2,1-2H3,(H,29,30). The Kier molecular flexibility index (Phi) is 7.32. The number of hydrogen-bond donors (Lipinski definition) is 1. The zero-order valence-electron chi connectivity index (χ0n) is 22.6. The number of pyridine rings is 1. The molecular weight excluding hydrogens is 496 g/mol. The first-order valence-electron chi connectivity index (χ1n) is 14.0. The molecule has 1 N–H and O–H groups in total. The SMILES string of the molecule is CCNc1cc2c(cn1)c(-c1ccn(CC3CCOCC3)n1)nn2C1CCC(Oc2ccc(=O)n(C)n2)CC1. The van der Waals surface area contributed by atoms with Gasteiger partial charge in [0.05, 0.1) is 11.6 Å². The van der Waals surface area contributed by atoms with Gasteiger partial charge in [-0.3, -0.25) is 14.2 Å². The van der Waals surface area contributed by atoms with E-state index in [1.165, 1.54) is 10.7 Å². The summed E-state index contributed by atoms with van der Waals surface area (Å²) in [5, 5.41) is 18.6. The smallest absolute Gasteiger partial charge is 0.266 e. The van der Waals surface area contributed by atoms with Crippen LogP contribution < -0.4 is 15.6 Å². The minimum atomic E-state index is -0.146. The van der Waals surface area contributed by atoms with Gasteiger partial charge in [0.15, 0.2) is 0 Å². The summed E-state index contributed by atoms with van der Waals surface area (Å²) in [4.78, 5) is 16.3. The fraction of sp³-hybridized carbons (Fsp3) is 0.536. The van der Waals surface area contributed by atoms with Crippen LogP contribution in [-0.2, 0) is 18.3 Å². The summed E-state index contributed by atoms with van der Waals surface area (Å²) < 4.78 is 17.2. The van der Waals surface area contributed by atoms with E-state index in [1.807, 2.05) is 10.9 Å². The summed E-state index contributed by atoms with van der Waals surface area (Å²) in [6.07, 6.45) is 9.84. The molecule has 0 bridgehead atoms. The average Bonchev–Trinajstić information content (AvgIpc) is 3.56. The molecular formula is C28H36N8O3. The summed E-state index contributed by atoms with van der Waals surface area (Å²) in [7, 11) is 1.64. The van der Waals surface area contributed by atoms with E-state index in [0.717, 1.165) is 92.9 Å². The largest absolute Gasteiger partial charge is 0.473 e. The Morgan fingerprint density at radius 3 is 2.64 bits per heavy atom. The summed E-state index contributed by atoms with van der Waals surface area (Å²) in [5.41, 5.74) is 2.67. The zero-order valence-corrected chi connectivity index (χ0v) is 22.6. The van der Waals surface area contributed by atoms with Gasteiger partial charge in [0.2, 0.25) is 5.88 Å². The number of aryl methyl sites for hydroxylation is 1. The maximum absolute atomic E-state index is 11.6. The lowest BCUT2D eigenvalue weighted by molar-refractivity contribution is 0.0602. The van der Waals surface area contributed by atoms with Gasteiger partial charge in [-0.25, -0.2) is 9.67 Å². The Hall–Kier alpha value is -3.73. The molecule has 5 heterocycles. The fourth-order valence-electron chi connectivity index (χ4n) is 5.68. The highest BCUT2D eigenvalue weighted by Gasteiger charge is 2.28. The molecule has 0 aromatic carbocycles. The van der Waals surface area contributed by atoms with Gasteiger partial charge >= 0.3 is 0 Å². The summed E-state index contributed by atoms with van der Waals surface area (Å²) in [5.74, 6) is 1.93. The highest BCUT2D eigenvalue weighted by molar-refractivity contribution is 5.93. The number of aromatic nitrogens is 7. The van der Waals surface area contributed by atoms with Crippen LogP contribution in [0.1, 0.15) is 51.5 Å². The van der Waals surface area contributed by atoms with Gasteiger partial charge in [-0.05, 0) is 57.4 Å². The maximum atomic E-state index is 11.6. The van der Waals surface area contributed by atoms with E-state index in [1.54, 1.807) is 13.1 Å². The molecule has 6 rings (SSSR count). The van der Waals surface area contributed by atoms with E-state index in [9.17, 15) is 4.79 Å². The molecule has 4 aromatic rings. The summed E-state index contributed by atoms with van der Waals surface area (Å²) in [6.45, 7) is 5.45. The molecule has 11 nitrogen and oxygen atoms in total. The van der Waals surface area contributed by atoms with Crippen molar-refractivity contribution in [1.82, 2.24) is 34.3 Å². The highest BCUT2D eigenvalue weighted by atomic mass is 16.5. The maximum Gasteiger partial charge on any atom is 0.266 e. The molecule has 2 fully saturated rings. The van der Waals surface area contributed by atoms with Gasteiger partial charge in [0.25, 0.3) is 5.56 Å². The first kappa shape index (κ1) is 25.5. The molecule has 39 heavy (non-hydrogen) atoms. The number of anilines is 1. The molecule has 0 atom stereocenters. The molecule has 0 unspecified atom stereocenters. The van der Waals surface area contributed by atoms with Crippen LogP contribution in [0.2, 0.25) is 0 Å². The van der Waals surface area contributed by atoms with E-state index in [2.05, 4.69) is 45.3 Å². The van der Waals surface area contributed by atoms with Crippen LogP contribution in [0.5, 0.6) is 5.88 Å². The Bertz CT molecular complexity index is 1480. The van der Waals surface area contributed by atoms with Crippen molar-refractivity contribution in [2.75, 3.05) is 25.1 Å². The second-order valence-electron chi connectivity index (χ2n) is 10.6. The monoisotopic (exact) mass is 532 g/mol. The second kappa shape index (κ2) is 11.2. The van der Waals surface area contributed by atoms with Gasteiger partial charge in [0, 0.05) is 69.3 Å². The number of ether oxygens (including phenoxy) is 2. The van der Waals surface area contributed by atoms with Crippen molar-refractivity contribution >= 4 is 16.7 Å². The number of nitrogens with zero attached hydrogens (tertiary/aromatic N) is 7. The lowest BCUT2D eigenvalue weighted by atomic mass is 9.93. The lowest BCUT2D eigenvalue weighted by Crippen LogP contribution is -2.27. The summed E-state index contributed by atoms with van der Waals surface area (Å²) >= 11 is 0. The quantitative estimate of drug-likeness (QED) is 0.364. The van der Waals surface area contributed by atoms with Gasteiger partial charge < -0.3 is 14.8 Å². The van der Waals surface area contributed by atoms with Gasteiger partial charge in [0.1, 0.15) is 23.3 Å².